The number of ether oxygens (including phenoxy) is 1. The monoisotopic (exact) mass is 280 g/mol. The van der Waals surface area contributed by atoms with Gasteiger partial charge in [0.25, 0.3) is 0 Å². The molecule has 0 saturated heterocycles. The predicted octanol–water partition coefficient (Wildman–Crippen LogP) is 5.82. The number of hydrogen-bond donors (Lipinski definition) is 0. The van der Waals surface area contributed by atoms with Gasteiger partial charge in [0, 0.05) is 6.61 Å². The molecule has 1 heteroatoms. The molecule has 3 atom stereocenters. The molecule has 2 aliphatic carbocycles. The molecule has 1 unspecified atom stereocenters. The van der Waals surface area contributed by atoms with Crippen LogP contribution in [0.5, 0.6) is 0 Å². The normalized spacial score (nSPS) is 38.9. The van der Waals surface area contributed by atoms with E-state index in [1.807, 2.05) is 0 Å². The SMILES string of the molecule is CCCO[C@@H]1CCC(C2CCC(CCC)CC2)C[C@H]1C. The van der Waals surface area contributed by atoms with Crippen LogP contribution in [0.15, 0.2) is 0 Å². The fraction of sp³-hybridized carbons (Fsp3) is 1.00. The van der Waals surface area contributed by atoms with E-state index in [1.54, 1.807) is 0 Å². The summed E-state index contributed by atoms with van der Waals surface area (Å²) in [6.45, 7) is 7.94. The maximum Gasteiger partial charge on any atom is 0.0600 e. The summed E-state index contributed by atoms with van der Waals surface area (Å²) >= 11 is 0. The third-order valence-corrected chi connectivity index (χ3v) is 5.92. The Labute approximate surface area is 126 Å². The molecule has 0 aromatic heterocycles. The Morgan fingerprint density at radius 2 is 1.55 bits per heavy atom. The molecule has 2 aliphatic rings. The first-order valence-corrected chi connectivity index (χ1v) is 9.36. The summed E-state index contributed by atoms with van der Waals surface area (Å²) in [6.07, 6.45) is 14.8. The van der Waals surface area contributed by atoms with Crippen molar-refractivity contribution in [1.29, 1.82) is 0 Å². The molecule has 0 spiro atoms. The molecule has 0 radical (unpaired) electrons. The van der Waals surface area contributed by atoms with Crippen LogP contribution in [0.2, 0.25) is 0 Å². The third-order valence-electron chi connectivity index (χ3n) is 5.92. The molecular weight excluding hydrogens is 244 g/mol. The second kappa shape index (κ2) is 8.41. The molecule has 118 valence electrons. The topological polar surface area (TPSA) is 9.23 Å². The molecule has 0 heterocycles. The van der Waals surface area contributed by atoms with Crippen molar-refractivity contribution in [2.75, 3.05) is 6.61 Å². The lowest BCUT2D eigenvalue weighted by molar-refractivity contribution is -0.0274. The largest absolute Gasteiger partial charge is 0.378 e. The van der Waals surface area contributed by atoms with Crippen molar-refractivity contribution in [3.8, 4) is 0 Å². The minimum atomic E-state index is 0.558. The average Bonchev–Trinajstić information content (AvgIpc) is 2.47. The van der Waals surface area contributed by atoms with Crippen LogP contribution in [-0.2, 0) is 4.74 Å². The minimum Gasteiger partial charge on any atom is -0.378 e. The van der Waals surface area contributed by atoms with Gasteiger partial charge in [-0.05, 0) is 62.2 Å². The van der Waals surface area contributed by atoms with Crippen LogP contribution in [0.25, 0.3) is 0 Å². The van der Waals surface area contributed by atoms with E-state index in [4.69, 9.17) is 4.74 Å². The average molecular weight is 280 g/mol. The third kappa shape index (κ3) is 4.48. The van der Waals surface area contributed by atoms with Gasteiger partial charge < -0.3 is 4.74 Å². The van der Waals surface area contributed by atoms with Crippen molar-refractivity contribution in [2.45, 2.75) is 91.1 Å². The van der Waals surface area contributed by atoms with E-state index in [9.17, 15) is 0 Å². The molecule has 2 saturated carbocycles. The van der Waals surface area contributed by atoms with Gasteiger partial charge in [0.2, 0.25) is 0 Å². The Morgan fingerprint density at radius 1 is 0.850 bits per heavy atom. The minimum absolute atomic E-state index is 0.558. The predicted molar refractivity (Wildman–Crippen MR) is 86.9 cm³/mol. The van der Waals surface area contributed by atoms with E-state index in [0.29, 0.717) is 6.10 Å². The van der Waals surface area contributed by atoms with Gasteiger partial charge >= 0.3 is 0 Å². The fourth-order valence-corrected chi connectivity index (χ4v) is 4.71. The van der Waals surface area contributed by atoms with Gasteiger partial charge in [-0.3, -0.25) is 0 Å². The molecular formula is C19H36O. The molecule has 20 heavy (non-hydrogen) atoms. The van der Waals surface area contributed by atoms with Crippen molar-refractivity contribution in [3.05, 3.63) is 0 Å². The molecule has 2 rings (SSSR count). The van der Waals surface area contributed by atoms with Crippen molar-refractivity contribution >= 4 is 0 Å². The first-order valence-electron chi connectivity index (χ1n) is 9.36. The Balaban J connectivity index is 1.73. The van der Waals surface area contributed by atoms with E-state index < -0.39 is 0 Å². The summed E-state index contributed by atoms with van der Waals surface area (Å²) in [5, 5.41) is 0. The van der Waals surface area contributed by atoms with E-state index in [1.165, 1.54) is 57.8 Å². The zero-order valence-corrected chi connectivity index (χ0v) is 14.1. The smallest absolute Gasteiger partial charge is 0.0600 e. The van der Waals surface area contributed by atoms with Crippen LogP contribution in [0, 0.1) is 23.7 Å². The van der Waals surface area contributed by atoms with Gasteiger partial charge in [-0.1, -0.05) is 46.5 Å². The van der Waals surface area contributed by atoms with Gasteiger partial charge in [-0.15, -0.1) is 0 Å². The lowest BCUT2D eigenvalue weighted by Crippen LogP contribution is -2.34. The van der Waals surface area contributed by atoms with Gasteiger partial charge in [0.05, 0.1) is 6.10 Å². The van der Waals surface area contributed by atoms with Crippen molar-refractivity contribution in [3.63, 3.8) is 0 Å². The lowest BCUT2D eigenvalue weighted by Gasteiger charge is -2.40. The van der Waals surface area contributed by atoms with Gasteiger partial charge in [0.15, 0.2) is 0 Å². The van der Waals surface area contributed by atoms with Crippen LogP contribution in [-0.4, -0.2) is 12.7 Å². The standard InChI is InChI=1S/C19H36O/c1-4-6-16-7-9-17(10-8-16)18-11-12-19(15(3)14-18)20-13-5-2/h15-19H,4-14H2,1-3H3/t15-,16?,17?,18?,19-/m1/s1. The van der Waals surface area contributed by atoms with E-state index in [0.717, 1.165) is 36.7 Å². The van der Waals surface area contributed by atoms with Crippen LogP contribution in [0.1, 0.15) is 85.0 Å². The maximum atomic E-state index is 6.03. The Kier molecular flexibility index (Phi) is 6.87. The van der Waals surface area contributed by atoms with E-state index >= 15 is 0 Å². The second-order valence-corrected chi connectivity index (χ2v) is 7.53. The second-order valence-electron chi connectivity index (χ2n) is 7.53. The Hall–Kier alpha value is -0.0400. The maximum absolute atomic E-state index is 6.03. The summed E-state index contributed by atoms with van der Waals surface area (Å²) in [6, 6.07) is 0. The first-order chi connectivity index (χ1) is 9.74. The van der Waals surface area contributed by atoms with E-state index in [-0.39, 0.29) is 0 Å². The molecule has 0 aromatic carbocycles. The number of rotatable bonds is 6. The van der Waals surface area contributed by atoms with E-state index in [2.05, 4.69) is 20.8 Å². The zero-order valence-electron chi connectivity index (χ0n) is 14.1. The van der Waals surface area contributed by atoms with Crippen molar-refractivity contribution in [2.24, 2.45) is 23.7 Å². The van der Waals surface area contributed by atoms with Gasteiger partial charge in [0.1, 0.15) is 0 Å². The highest BCUT2D eigenvalue weighted by Crippen LogP contribution is 2.43. The molecule has 0 aromatic rings. The first kappa shape index (κ1) is 16.3. The molecule has 0 aliphatic heterocycles. The highest BCUT2D eigenvalue weighted by Gasteiger charge is 2.34. The summed E-state index contributed by atoms with van der Waals surface area (Å²) in [5.74, 6) is 3.89. The van der Waals surface area contributed by atoms with Crippen molar-refractivity contribution < 1.29 is 4.74 Å². The van der Waals surface area contributed by atoms with Crippen LogP contribution in [0.3, 0.4) is 0 Å². The highest BCUT2D eigenvalue weighted by molar-refractivity contribution is 4.85. The van der Waals surface area contributed by atoms with Crippen LogP contribution in [0.4, 0.5) is 0 Å². The fourth-order valence-electron chi connectivity index (χ4n) is 4.71. The quantitative estimate of drug-likeness (QED) is 0.595. The van der Waals surface area contributed by atoms with Crippen LogP contribution >= 0.6 is 0 Å². The van der Waals surface area contributed by atoms with Gasteiger partial charge in [-0.25, -0.2) is 0 Å². The summed E-state index contributed by atoms with van der Waals surface area (Å²) in [4.78, 5) is 0. The summed E-state index contributed by atoms with van der Waals surface area (Å²) in [5.41, 5.74) is 0. The lowest BCUT2D eigenvalue weighted by atomic mass is 9.68. The summed E-state index contributed by atoms with van der Waals surface area (Å²) < 4.78 is 6.03. The molecule has 0 bridgehead atoms. The van der Waals surface area contributed by atoms with Gasteiger partial charge in [-0.2, -0.15) is 0 Å². The molecule has 2 fully saturated rings. The highest BCUT2D eigenvalue weighted by atomic mass is 16.5. The number of hydrogen-bond acceptors (Lipinski definition) is 1. The Morgan fingerprint density at radius 3 is 2.15 bits per heavy atom. The van der Waals surface area contributed by atoms with Crippen LogP contribution < -0.4 is 0 Å². The molecule has 0 amide bonds. The Bertz CT molecular complexity index is 254. The molecule has 1 nitrogen and oxygen atoms in total. The van der Waals surface area contributed by atoms with Crippen molar-refractivity contribution in [1.82, 2.24) is 0 Å². The summed E-state index contributed by atoms with van der Waals surface area (Å²) in [7, 11) is 0. The zero-order chi connectivity index (χ0) is 14.4. The molecule has 0 N–H and O–H groups in total.